The van der Waals surface area contributed by atoms with Crippen LogP contribution in [0.15, 0.2) is 41.3 Å². The monoisotopic (exact) mass is 373 g/mol. The summed E-state index contributed by atoms with van der Waals surface area (Å²) in [7, 11) is -3.91. The SMILES string of the molecule is CCOc1ccc(S(=O)(=O)Nc2ccc(F)cc2Cl)cc1OCC. The molecule has 24 heavy (non-hydrogen) atoms. The van der Waals surface area contributed by atoms with Crippen molar-refractivity contribution >= 4 is 27.3 Å². The normalized spacial score (nSPS) is 11.2. The Morgan fingerprint density at radius 1 is 1.04 bits per heavy atom. The molecule has 0 fully saturated rings. The molecule has 0 aliphatic carbocycles. The number of nitrogens with one attached hydrogen (secondary N) is 1. The Bertz CT molecular complexity index is 827. The Balaban J connectivity index is 2.36. The van der Waals surface area contributed by atoms with Gasteiger partial charge in [0.2, 0.25) is 0 Å². The molecule has 0 aliphatic rings. The smallest absolute Gasteiger partial charge is 0.262 e. The van der Waals surface area contributed by atoms with E-state index in [2.05, 4.69) is 4.72 Å². The predicted molar refractivity (Wildman–Crippen MR) is 91.0 cm³/mol. The topological polar surface area (TPSA) is 64.6 Å². The Morgan fingerprint density at radius 2 is 1.71 bits per heavy atom. The highest BCUT2D eigenvalue weighted by molar-refractivity contribution is 7.92. The van der Waals surface area contributed by atoms with Crippen LogP contribution in [0, 0.1) is 5.82 Å². The number of hydrogen-bond donors (Lipinski definition) is 1. The summed E-state index contributed by atoms with van der Waals surface area (Å²) in [6.45, 7) is 4.39. The molecule has 0 saturated heterocycles. The first-order valence-corrected chi connectivity index (χ1v) is 9.11. The molecule has 0 saturated carbocycles. The van der Waals surface area contributed by atoms with E-state index in [4.69, 9.17) is 21.1 Å². The van der Waals surface area contributed by atoms with Crippen LogP contribution in [0.2, 0.25) is 5.02 Å². The minimum Gasteiger partial charge on any atom is -0.490 e. The van der Waals surface area contributed by atoms with Gasteiger partial charge in [-0.15, -0.1) is 0 Å². The molecule has 5 nitrogen and oxygen atoms in total. The number of hydrogen-bond acceptors (Lipinski definition) is 4. The summed E-state index contributed by atoms with van der Waals surface area (Å²) in [5.41, 5.74) is 0.0879. The van der Waals surface area contributed by atoms with Crippen LogP contribution in [0.4, 0.5) is 10.1 Å². The van der Waals surface area contributed by atoms with Gasteiger partial charge in [0.25, 0.3) is 10.0 Å². The minimum atomic E-state index is -3.91. The van der Waals surface area contributed by atoms with E-state index in [1.807, 2.05) is 6.92 Å². The molecular formula is C16H17ClFNO4S. The van der Waals surface area contributed by atoms with Crippen molar-refractivity contribution in [2.24, 2.45) is 0 Å². The van der Waals surface area contributed by atoms with E-state index in [0.717, 1.165) is 12.1 Å². The van der Waals surface area contributed by atoms with Gasteiger partial charge in [-0.25, -0.2) is 12.8 Å². The van der Waals surface area contributed by atoms with Gasteiger partial charge in [-0.1, -0.05) is 11.6 Å². The van der Waals surface area contributed by atoms with Gasteiger partial charge in [0.05, 0.1) is 28.8 Å². The van der Waals surface area contributed by atoms with Crippen molar-refractivity contribution in [1.82, 2.24) is 0 Å². The third-order valence-corrected chi connectivity index (χ3v) is 4.68. The molecule has 0 unspecified atom stereocenters. The quantitative estimate of drug-likeness (QED) is 0.794. The van der Waals surface area contributed by atoms with Crippen LogP contribution < -0.4 is 14.2 Å². The molecule has 2 aromatic rings. The maximum Gasteiger partial charge on any atom is 0.262 e. The van der Waals surface area contributed by atoms with Crippen molar-refractivity contribution in [2.75, 3.05) is 17.9 Å². The largest absolute Gasteiger partial charge is 0.490 e. The maximum absolute atomic E-state index is 13.1. The molecule has 2 aromatic carbocycles. The Hall–Kier alpha value is -1.99. The lowest BCUT2D eigenvalue weighted by molar-refractivity contribution is 0.287. The van der Waals surface area contributed by atoms with Crippen molar-refractivity contribution in [3.05, 3.63) is 47.2 Å². The Morgan fingerprint density at radius 3 is 2.33 bits per heavy atom. The Kier molecular flexibility index (Phi) is 5.90. The van der Waals surface area contributed by atoms with Gasteiger partial charge in [-0.3, -0.25) is 4.72 Å². The van der Waals surface area contributed by atoms with Crippen molar-refractivity contribution in [1.29, 1.82) is 0 Å². The molecule has 0 bridgehead atoms. The molecule has 0 atom stereocenters. The summed E-state index contributed by atoms with van der Waals surface area (Å²) < 4.78 is 51.2. The predicted octanol–water partition coefficient (Wildman–Crippen LogP) is 4.08. The summed E-state index contributed by atoms with van der Waals surface area (Å²) >= 11 is 5.86. The molecule has 0 radical (unpaired) electrons. The molecule has 130 valence electrons. The lowest BCUT2D eigenvalue weighted by atomic mass is 10.3. The van der Waals surface area contributed by atoms with E-state index >= 15 is 0 Å². The van der Waals surface area contributed by atoms with Gasteiger partial charge in [-0.05, 0) is 44.2 Å². The van der Waals surface area contributed by atoms with Gasteiger partial charge in [-0.2, -0.15) is 0 Å². The first kappa shape index (κ1) is 18.4. The molecular weight excluding hydrogens is 357 g/mol. The van der Waals surface area contributed by atoms with Crippen LogP contribution in [-0.4, -0.2) is 21.6 Å². The summed E-state index contributed by atoms with van der Waals surface area (Å²) in [5.74, 6) is 0.230. The number of rotatable bonds is 7. The molecule has 0 heterocycles. The Labute approximate surface area is 145 Å². The zero-order valence-corrected chi connectivity index (χ0v) is 14.7. The number of ether oxygens (including phenoxy) is 2. The summed E-state index contributed by atoms with van der Waals surface area (Å²) in [5, 5.41) is -0.0328. The maximum atomic E-state index is 13.1. The lowest BCUT2D eigenvalue weighted by Gasteiger charge is -2.14. The fourth-order valence-corrected chi connectivity index (χ4v) is 3.34. The molecule has 0 amide bonds. The molecule has 0 aliphatic heterocycles. The summed E-state index contributed by atoms with van der Waals surface area (Å²) in [4.78, 5) is -0.0187. The number of sulfonamides is 1. The molecule has 0 spiro atoms. The van der Waals surface area contributed by atoms with E-state index in [1.165, 1.54) is 24.3 Å². The fourth-order valence-electron chi connectivity index (χ4n) is 1.97. The first-order valence-electron chi connectivity index (χ1n) is 7.25. The number of halogens is 2. The first-order chi connectivity index (χ1) is 11.4. The van der Waals surface area contributed by atoms with Gasteiger partial charge in [0.1, 0.15) is 5.82 Å². The standard InChI is InChI=1S/C16H17ClFNO4S/c1-3-22-15-8-6-12(10-16(15)23-4-2)24(20,21)19-14-7-5-11(18)9-13(14)17/h5-10,19H,3-4H2,1-2H3. The second-order valence-electron chi connectivity index (χ2n) is 4.70. The van der Waals surface area contributed by atoms with E-state index < -0.39 is 15.8 Å². The summed E-state index contributed by atoms with van der Waals surface area (Å²) in [6.07, 6.45) is 0. The van der Waals surface area contributed by atoms with E-state index in [0.29, 0.717) is 24.7 Å². The van der Waals surface area contributed by atoms with E-state index in [1.54, 1.807) is 6.92 Å². The zero-order chi connectivity index (χ0) is 17.7. The average Bonchev–Trinajstić information content (AvgIpc) is 2.52. The zero-order valence-electron chi connectivity index (χ0n) is 13.2. The van der Waals surface area contributed by atoms with Crippen LogP contribution in [0.25, 0.3) is 0 Å². The molecule has 0 aromatic heterocycles. The van der Waals surface area contributed by atoms with Crippen molar-refractivity contribution in [3.8, 4) is 11.5 Å². The third kappa shape index (κ3) is 4.30. The van der Waals surface area contributed by atoms with Crippen LogP contribution in [0.1, 0.15) is 13.8 Å². The minimum absolute atomic E-state index is 0.0187. The molecule has 1 N–H and O–H groups in total. The van der Waals surface area contributed by atoms with Gasteiger partial charge in [0, 0.05) is 6.07 Å². The highest BCUT2D eigenvalue weighted by atomic mass is 35.5. The number of benzene rings is 2. The van der Waals surface area contributed by atoms with Crippen LogP contribution in [0.3, 0.4) is 0 Å². The van der Waals surface area contributed by atoms with E-state index in [-0.39, 0.29) is 15.6 Å². The molecule has 2 rings (SSSR count). The van der Waals surface area contributed by atoms with Crippen molar-refractivity contribution in [3.63, 3.8) is 0 Å². The van der Waals surface area contributed by atoms with Crippen LogP contribution in [0.5, 0.6) is 11.5 Å². The van der Waals surface area contributed by atoms with Crippen LogP contribution in [-0.2, 0) is 10.0 Å². The average molecular weight is 374 g/mol. The summed E-state index contributed by atoms with van der Waals surface area (Å²) in [6, 6.07) is 7.70. The second kappa shape index (κ2) is 7.72. The number of anilines is 1. The fraction of sp³-hybridized carbons (Fsp3) is 0.250. The second-order valence-corrected chi connectivity index (χ2v) is 6.79. The molecule has 8 heteroatoms. The van der Waals surface area contributed by atoms with Crippen molar-refractivity contribution in [2.45, 2.75) is 18.7 Å². The van der Waals surface area contributed by atoms with Crippen LogP contribution >= 0.6 is 11.6 Å². The van der Waals surface area contributed by atoms with Gasteiger partial charge >= 0.3 is 0 Å². The third-order valence-electron chi connectivity index (χ3n) is 3.00. The lowest BCUT2D eigenvalue weighted by Crippen LogP contribution is -2.13. The van der Waals surface area contributed by atoms with Gasteiger partial charge in [0.15, 0.2) is 11.5 Å². The highest BCUT2D eigenvalue weighted by Crippen LogP contribution is 2.32. The highest BCUT2D eigenvalue weighted by Gasteiger charge is 2.19. The van der Waals surface area contributed by atoms with E-state index in [9.17, 15) is 12.8 Å². The van der Waals surface area contributed by atoms with Gasteiger partial charge < -0.3 is 9.47 Å². The van der Waals surface area contributed by atoms with Crippen molar-refractivity contribution < 1.29 is 22.3 Å².